The first-order valence-electron chi connectivity index (χ1n) is 6.08. The van der Waals surface area contributed by atoms with Crippen molar-refractivity contribution >= 4 is 16.6 Å². The Labute approximate surface area is 100 Å². The van der Waals surface area contributed by atoms with E-state index in [1.165, 1.54) is 5.57 Å². The summed E-state index contributed by atoms with van der Waals surface area (Å²) in [6.45, 7) is 5.47. The van der Waals surface area contributed by atoms with Crippen molar-refractivity contribution in [1.82, 2.24) is 19.9 Å². The summed E-state index contributed by atoms with van der Waals surface area (Å²) in [6, 6.07) is 2.05. The normalized spacial score (nSPS) is 17.4. The van der Waals surface area contributed by atoms with Gasteiger partial charge in [0.2, 0.25) is 0 Å². The minimum atomic E-state index is 0.925. The fourth-order valence-electron chi connectivity index (χ4n) is 2.34. The lowest BCUT2D eigenvalue weighted by molar-refractivity contribution is 0.318. The van der Waals surface area contributed by atoms with E-state index < -0.39 is 0 Å². The molecule has 0 atom stereocenters. The summed E-state index contributed by atoms with van der Waals surface area (Å²) in [5.41, 5.74) is 3.36. The van der Waals surface area contributed by atoms with Crippen molar-refractivity contribution in [3.8, 4) is 0 Å². The van der Waals surface area contributed by atoms with Gasteiger partial charge in [-0.05, 0) is 24.6 Å². The molecule has 0 aromatic carbocycles. The third kappa shape index (κ3) is 1.85. The fraction of sp³-hybridized carbons (Fsp3) is 0.385. The molecule has 4 heteroatoms. The highest BCUT2D eigenvalue weighted by molar-refractivity contribution is 5.88. The molecule has 2 aromatic rings. The molecule has 1 aliphatic rings. The first kappa shape index (κ1) is 10.5. The summed E-state index contributed by atoms with van der Waals surface area (Å²) in [6.07, 6.45) is 6.93. The Hall–Kier alpha value is -1.68. The van der Waals surface area contributed by atoms with Crippen LogP contribution in [0, 0.1) is 0 Å². The summed E-state index contributed by atoms with van der Waals surface area (Å²) in [5, 5.41) is 1.13. The Morgan fingerprint density at radius 1 is 1.41 bits per heavy atom. The maximum Gasteiger partial charge on any atom is 0.141 e. The molecule has 0 bridgehead atoms. The molecule has 3 heterocycles. The Bertz CT molecular complexity index is 555. The van der Waals surface area contributed by atoms with Crippen LogP contribution in [0.4, 0.5) is 0 Å². The van der Waals surface area contributed by atoms with Gasteiger partial charge in [-0.1, -0.05) is 13.0 Å². The SMILES string of the molecule is CCN1CC=C(c2ncnc3[nH]ccc23)CC1. The van der Waals surface area contributed by atoms with Crippen molar-refractivity contribution in [3.63, 3.8) is 0 Å². The van der Waals surface area contributed by atoms with Gasteiger partial charge in [-0.15, -0.1) is 0 Å². The van der Waals surface area contributed by atoms with Crippen molar-refractivity contribution in [3.05, 3.63) is 30.4 Å². The predicted molar refractivity (Wildman–Crippen MR) is 68.6 cm³/mol. The Morgan fingerprint density at radius 3 is 3.12 bits per heavy atom. The average molecular weight is 228 g/mol. The number of hydrogen-bond donors (Lipinski definition) is 1. The number of nitrogens with zero attached hydrogens (tertiary/aromatic N) is 3. The third-order valence-corrected chi connectivity index (χ3v) is 3.40. The summed E-state index contributed by atoms with van der Waals surface area (Å²) in [5.74, 6) is 0. The molecule has 2 aromatic heterocycles. The molecular weight excluding hydrogens is 212 g/mol. The standard InChI is InChI=1S/C13H16N4/c1-2-17-7-4-10(5-8-17)12-11-3-6-14-13(11)16-9-15-12/h3-4,6,9H,2,5,7-8H2,1H3,(H,14,15,16). The number of hydrogen-bond acceptors (Lipinski definition) is 3. The van der Waals surface area contributed by atoms with Crippen molar-refractivity contribution in [2.45, 2.75) is 13.3 Å². The van der Waals surface area contributed by atoms with E-state index in [2.05, 4.69) is 38.9 Å². The van der Waals surface area contributed by atoms with Crippen LogP contribution in [0.1, 0.15) is 19.0 Å². The average Bonchev–Trinajstić information content (AvgIpc) is 2.87. The summed E-state index contributed by atoms with van der Waals surface area (Å²) < 4.78 is 0. The van der Waals surface area contributed by atoms with E-state index in [0.717, 1.165) is 42.8 Å². The molecule has 0 radical (unpaired) electrons. The summed E-state index contributed by atoms with van der Waals surface area (Å²) in [7, 11) is 0. The van der Waals surface area contributed by atoms with Crippen LogP contribution in [-0.4, -0.2) is 39.5 Å². The van der Waals surface area contributed by atoms with E-state index in [-0.39, 0.29) is 0 Å². The van der Waals surface area contributed by atoms with Crippen LogP contribution >= 0.6 is 0 Å². The van der Waals surface area contributed by atoms with Crippen LogP contribution in [-0.2, 0) is 0 Å². The molecule has 0 amide bonds. The van der Waals surface area contributed by atoms with Gasteiger partial charge in [-0.3, -0.25) is 4.90 Å². The number of nitrogens with one attached hydrogen (secondary N) is 1. The van der Waals surface area contributed by atoms with Crippen LogP contribution in [0.5, 0.6) is 0 Å². The molecule has 0 spiro atoms. The number of likely N-dealkylation sites (N-methyl/N-ethyl adjacent to an activating group) is 1. The monoisotopic (exact) mass is 228 g/mol. The number of rotatable bonds is 2. The van der Waals surface area contributed by atoms with Crippen LogP contribution < -0.4 is 0 Å². The minimum Gasteiger partial charge on any atom is -0.346 e. The van der Waals surface area contributed by atoms with E-state index >= 15 is 0 Å². The van der Waals surface area contributed by atoms with Gasteiger partial charge in [0.15, 0.2) is 0 Å². The largest absolute Gasteiger partial charge is 0.346 e. The second-order valence-corrected chi connectivity index (χ2v) is 4.33. The van der Waals surface area contributed by atoms with Gasteiger partial charge in [-0.25, -0.2) is 9.97 Å². The van der Waals surface area contributed by atoms with E-state index in [4.69, 9.17) is 0 Å². The van der Waals surface area contributed by atoms with Crippen molar-refractivity contribution in [1.29, 1.82) is 0 Å². The predicted octanol–water partition coefficient (Wildman–Crippen LogP) is 2.07. The number of aromatic amines is 1. The second-order valence-electron chi connectivity index (χ2n) is 4.33. The maximum atomic E-state index is 4.44. The molecule has 88 valence electrons. The highest BCUT2D eigenvalue weighted by atomic mass is 15.1. The van der Waals surface area contributed by atoms with Gasteiger partial charge >= 0.3 is 0 Å². The quantitative estimate of drug-likeness (QED) is 0.855. The highest BCUT2D eigenvalue weighted by Crippen LogP contribution is 2.25. The molecule has 1 N–H and O–H groups in total. The lowest BCUT2D eigenvalue weighted by Crippen LogP contribution is -2.28. The van der Waals surface area contributed by atoms with Crippen LogP contribution in [0.25, 0.3) is 16.6 Å². The molecule has 0 aliphatic carbocycles. The number of aromatic nitrogens is 3. The first-order chi connectivity index (χ1) is 8.38. The van der Waals surface area contributed by atoms with Crippen molar-refractivity contribution < 1.29 is 0 Å². The van der Waals surface area contributed by atoms with Crippen molar-refractivity contribution in [2.75, 3.05) is 19.6 Å². The lowest BCUT2D eigenvalue weighted by atomic mass is 10.0. The summed E-state index contributed by atoms with van der Waals surface area (Å²) in [4.78, 5) is 14.2. The molecule has 17 heavy (non-hydrogen) atoms. The summed E-state index contributed by atoms with van der Waals surface area (Å²) >= 11 is 0. The highest BCUT2D eigenvalue weighted by Gasteiger charge is 2.14. The van der Waals surface area contributed by atoms with Crippen LogP contribution in [0.2, 0.25) is 0 Å². The third-order valence-electron chi connectivity index (χ3n) is 3.40. The van der Waals surface area contributed by atoms with Crippen LogP contribution in [0.3, 0.4) is 0 Å². The smallest absolute Gasteiger partial charge is 0.141 e. The second kappa shape index (κ2) is 4.30. The molecule has 3 rings (SSSR count). The van der Waals surface area contributed by atoms with Gasteiger partial charge in [0.1, 0.15) is 12.0 Å². The number of H-pyrrole nitrogens is 1. The van der Waals surface area contributed by atoms with Gasteiger partial charge in [0.05, 0.1) is 5.69 Å². The van der Waals surface area contributed by atoms with Gasteiger partial charge in [0.25, 0.3) is 0 Å². The van der Waals surface area contributed by atoms with Gasteiger partial charge in [-0.2, -0.15) is 0 Å². The molecule has 0 fully saturated rings. The van der Waals surface area contributed by atoms with E-state index in [9.17, 15) is 0 Å². The molecule has 0 unspecified atom stereocenters. The Balaban J connectivity index is 1.99. The van der Waals surface area contributed by atoms with E-state index in [1.807, 2.05) is 6.20 Å². The van der Waals surface area contributed by atoms with E-state index in [0.29, 0.717) is 0 Å². The fourth-order valence-corrected chi connectivity index (χ4v) is 2.34. The zero-order chi connectivity index (χ0) is 11.7. The first-order valence-corrected chi connectivity index (χ1v) is 6.08. The zero-order valence-corrected chi connectivity index (χ0v) is 9.98. The Morgan fingerprint density at radius 2 is 2.35 bits per heavy atom. The molecule has 0 saturated carbocycles. The van der Waals surface area contributed by atoms with Gasteiger partial charge in [0, 0.05) is 24.7 Å². The molecular formula is C13H16N4. The maximum absolute atomic E-state index is 4.44. The number of fused-ring (bicyclic) bond motifs is 1. The van der Waals surface area contributed by atoms with Gasteiger partial charge < -0.3 is 4.98 Å². The van der Waals surface area contributed by atoms with E-state index in [1.54, 1.807) is 6.33 Å². The van der Waals surface area contributed by atoms with Crippen LogP contribution in [0.15, 0.2) is 24.7 Å². The topological polar surface area (TPSA) is 44.8 Å². The van der Waals surface area contributed by atoms with Crippen molar-refractivity contribution in [2.24, 2.45) is 0 Å². The lowest BCUT2D eigenvalue weighted by Gasteiger charge is -2.24. The minimum absolute atomic E-state index is 0.925. The molecule has 0 saturated heterocycles. The molecule has 4 nitrogen and oxygen atoms in total. The zero-order valence-electron chi connectivity index (χ0n) is 9.98. The molecule has 1 aliphatic heterocycles. The Kier molecular flexibility index (Phi) is 2.65.